The molecule has 112 valence electrons. The summed E-state index contributed by atoms with van der Waals surface area (Å²) in [5, 5.41) is 8.10. The van der Waals surface area contributed by atoms with Gasteiger partial charge in [-0.05, 0) is 24.1 Å². The first kappa shape index (κ1) is 15.9. The molecule has 0 aliphatic heterocycles. The Hall–Kier alpha value is -1.52. The first-order valence-electron chi connectivity index (χ1n) is 6.85. The standard InChI is InChI=1S/C15H17Cl2N3O/c1-2-3-7-20-15(21)14(17)13(10-19-20)18-9-11-5-4-6-12(16)8-11/h4-6,8,10,18H,2-3,7,9H2,1H3. The quantitative estimate of drug-likeness (QED) is 0.874. The summed E-state index contributed by atoms with van der Waals surface area (Å²) in [4.78, 5) is 12.1. The highest BCUT2D eigenvalue weighted by Crippen LogP contribution is 2.17. The molecular formula is C15H17Cl2N3O. The molecule has 0 saturated carbocycles. The number of nitrogens with zero attached hydrogens (tertiary/aromatic N) is 2. The fourth-order valence-electron chi connectivity index (χ4n) is 1.90. The van der Waals surface area contributed by atoms with Crippen LogP contribution in [-0.2, 0) is 13.1 Å². The number of rotatable bonds is 6. The van der Waals surface area contributed by atoms with Crippen molar-refractivity contribution in [3.8, 4) is 0 Å². The summed E-state index contributed by atoms with van der Waals surface area (Å²) in [6.07, 6.45) is 3.49. The largest absolute Gasteiger partial charge is 0.378 e. The number of benzene rings is 1. The summed E-state index contributed by atoms with van der Waals surface area (Å²) in [7, 11) is 0. The number of halogens is 2. The Kier molecular flexibility index (Phi) is 5.65. The van der Waals surface area contributed by atoms with Gasteiger partial charge in [0.05, 0.1) is 11.9 Å². The molecule has 0 atom stereocenters. The zero-order valence-corrected chi connectivity index (χ0v) is 13.3. The molecule has 2 rings (SSSR count). The fraction of sp³-hybridized carbons (Fsp3) is 0.333. The molecule has 0 bridgehead atoms. The molecule has 0 aliphatic rings. The van der Waals surface area contributed by atoms with Gasteiger partial charge in [-0.3, -0.25) is 4.79 Å². The van der Waals surface area contributed by atoms with Gasteiger partial charge in [0.25, 0.3) is 5.56 Å². The van der Waals surface area contributed by atoms with E-state index in [4.69, 9.17) is 23.2 Å². The van der Waals surface area contributed by atoms with E-state index in [1.807, 2.05) is 24.3 Å². The van der Waals surface area contributed by atoms with Crippen molar-refractivity contribution in [2.75, 3.05) is 5.32 Å². The second kappa shape index (κ2) is 7.48. The van der Waals surface area contributed by atoms with Gasteiger partial charge in [0, 0.05) is 18.1 Å². The average Bonchev–Trinajstić information content (AvgIpc) is 2.48. The Morgan fingerprint density at radius 2 is 2.14 bits per heavy atom. The third-order valence-corrected chi connectivity index (χ3v) is 3.68. The van der Waals surface area contributed by atoms with Crippen LogP contribution in [0.2, 0.25) is 10.0 Å². The predicted octanol–water partition coefficient (Wildman–Crippen LogP) is 3.96. The normalized spacial score (nSPS) is 10.6. The SMILES string of the molecule is CCCCn1ncc(NCc2cccc(Cl)c2)c(Cl)c1=O. The summed E-state index contributed by atoms with van der Waals surface area (Å²) >= 11 is 12.0. The summed E-state index contributed by atoms with van der Waals surface area (Å²) in [6, 6.07) is 7.50. The van der Waals surface area contributed by atoms with Crippen LogP contribution in [0, 0.1) is 0 Å². The average molecular weight is 326 g/mol. The molecule has 0 unspecified atom stereocenters. The van der Waals surface area contributed by atoms with Crippen molar-refractivity contribution in [1.29, 1.82) is 0 Å². The number of hydrogen-bond donors (Lipinski definition) is 1. The van der Waals surface area contributed by atoms with E-state index in [2.05, 4.69) is 17.3 Å². The minimum absolute atomic E-state index is 0.170. The predicted molar refractivity (Wildman–Crippen MR) is 87.2 cm³/mol. The molecule has 4 nitrogen and oxygen atoms in total. The van der Waals surface area contributed by atoms with E-state index in [1.54, 1.807) is 6.20 Å². The minimum Gasteiger partial charge on any atom is -0.378 e. The maximum absolute atomic E-state index is 12.1. The number of unbranched alkanes of at least 4 members (excludes halogenated alkanes) is 1. The van der Waals surface area contributed by atoms with Gasteiger partial charge in [-0.1, -0.05) is 48.7 Å². The maximum Gasteiger partial charge on any atom is 0.287 e. The van der Waals surface area contributed by atoms with Crippen LogP contribution in [0.5, 0.6) is 0 Å². The topological polar surface area (TPSA) is 46.9 Å². The van der Waals surface area contributed by atoms with E-state index in [-0.39, 0.29) is 10.6 Å². The molecular weight excluding hydrogens is 309 g/mol. The smallest absolute Gasteiger partial charge is 0.287 e. The minimum atomic E-state index is -0.263. The van der Waals surface area contributed by atoms with E-state index in [9.17, 15) is 4.79 Å². The molecule has 2 aromatic rings. The van der Waals surface area contributed by atoms with Gasteiger partial charge in [-0.15, -0.1) is 0 Å². The van der Waals surface area contributed by atoms with Crippen molar-refractivity contribution in [1.82, 2.24) is 9.78 Å². The highest BCUT2D eigenvalue weighted by molar-refractivity contribution is 6.33. The number of hydrogen-bond acceptors (Lipinski definition) is 3. The van der Waals surface area contributed by atoms with Crippen molar-refractivity contribution in [3.63, 3.8) is 0 Å². The van der Waals surface area contributed by atoms with E-state index in [1.165, 1.54) is 4.68 Å². The molecule has 0 radical (unpaired) electrons. The lowest BCUT2D eigenvalue weighted by atomic mass is 10.2. The van der Waals surface area contributed by atoms with Crippen molar-refractivity contribution >= 4 is 28.9 Å². The van der Waals surface area contributed by atoms with Crippen LogP contribution in [0.1, 0.15) is 25.3 Å². The molecule has 0 amide bonds. The van der Waals surface area contributed by atoms with Crippen molar-refractivity contribution in [2.45, 2.75) is 32.9 Å². The molecule has 1 heterocycles. The zero-order valence-electron chi connectivity index (χ0n) is 11.8. The Morgan fingerprint density at radius 3 is 2.86 bits per heavy atom. The summed E-state index contributed by atoms with van der Waals surface area (Å²) in [5.74, 6) is 0. The molecule has 1 aromatic heterocycles. The van der Waals surface area contributed by atoms with Crippen LogP contribution in [0.25, 0.3) is 0 Å². The van der Waals surface area contributed by atoms with Crippen LogP contribution in [0.15, 0.2) is 35.3 Å². The second-order valence-corrected chi connectivity index (χ2v) is 5.55. The third kappa shape index (κ3) is 4.22. The Bertz CT molecular complexity index is 670. The van der Waals surface area contributed by atoms with Crippen LogP contribution < -0.4 is 10.9 Å². The summed E-state index contributed by atoms with van der Waals surface area (Å²) in [6.45, 7) is 3.18. The van der Waals surface area contributed by atoms with Gasteiger partial charge >= 0.3 is 0 Å². The van der Waals surface area contributed by atoms with Gasteiger partial charge < -0.3 is 5.32 Å². The molecule has 0 spiro atoms. The van der Waals surface area contributed by atoms with Crippen LogP contribution >= 0.6 is 23.2 Å². The molecule has 21 heavy (non-hydrogen) atoms. The van der Waals surface area contributed by atoms with Gasteiger partial charge in [0.2, 0.25) is 0 Å². The zero-order chi connectivity index (χ0) is 15.2. The van der Waals surface area contributed by atoms with Crippen molar-refractivity contribution < 1.29 is 0 Å². The third-order valence-electron chi connectivity index (χ3n) is 3.08. The van der Waals surface area contributed by atoms with Gasteiger partial charge in [0.1, 0.15) is 5.02 Å². The lowest BCUT2D eigenvalue weighted by Crippen LogP contribution is -2.24. The van der Waals surface area contributed by atoms with Crippen LogP contribution in [-0.4, -0.2) is 9.78 Å². The van der Waals surface area contributed by atoms with Gasteiger partial charge in [-0.25, -0.2) is 4.68 Å². The van der Waals surface area contributed by atoms with Crippen LogP contribution in [0.3, 0.4) is 0 Å². The van der Waals surface area contributed by atoms with E-state index in [0.717, 1.165) is 18.4 Å². The summed E-state index contributed by atoms with van der Waals surface area (Å²) in [5.41, 5.74) is 1.28. The highest BCUT2D eigenvalue weighted by atomic mass is 35.5. The Labute approximate surface area is 133 Å². The first-order valence-corrected chi connectivity index (χ1v) is 7.61. The maximum atomic E-state index is 12.1. The van der Waals surface area contributed by atoms with Crippen LogP contribution in [0.4, 0.5) is 5.69 Å². The first-order chi connectivity index (χ1) is 10.1. The van der Waals surface area contributed by atoms with Crippen molar-refractivity contribution in [3.05, 3.63) is 56.4 Å². The van der Waals surface area contributed by atoms with E-state index >= 15 is 0 Å². The molecule has 1 aromatic carbocycles. The Balaban J connectivity index is 2.10. The molecule has 6 heteroatoms. The highest BCUT2D eigenvalue weighted by Gasteiger charge is 2.08. The number of aromatic nitrogens is 2. The van der Waals surface area contributed by atoms with E-state index in [0.29, 0.717) is 23.8 Å². The number of anilines is 1. The Morgan fingerprint density at radius 1 is 1.33 bits per heavy atom. The fourth-order valence-corrected chi connectivity index (χ4v) is 2.33. The number of nitrogens with one attached hydrogen (secondary N) is 1. The number of aryl methyl sites for hydroxylation is 1. The summed E-state index contributed by atoms with van der Waals surface area (Å²) < 4.78 is 1.40. The monoisotopic (exact) mass is 325 g/mol. The lowest BCUT2D eigenvalue weighted by molar-refractivity contribution is 0.543. The molecule has 0 saturated heterocycles. The van der Waals surface area contributed by atoms with Gasteiger partial charge in [-0.2, -0.15) is 5.10 Å². The van der Waals surface area contributed by atoms with E-state index < -0.39 is 0 Å². The molecule has 1 N–H and O–H groups in total. The van der Waals surface area contributed by atoms with Crippen molar-refractivity contribution in [2.24, 2.45) is 0 Å². The van der Waals surface area contributed by atoms with Gasteiger partial charge in [0.15, 0.2) is 0 Å². The second-order valence-electron chi connectivity index (χ2n) is 4.74. The molecule has 0 aliphatic carbocycles. The lowest BCUT2D eigenvalue weighted by Gasteiger charge is -2.10. The molecule has 0 fully saturated rings.